The molecule has 3 aromatic heterocycles. The van der Waals surface area contributed by atoms with E-state index in [0.29, 0.717) is 17.6 Å². The number of carbonyl (C=O) groups is 1. The second-order valence-electron chi connectivity index (χ2n) is 6.44. The Balaban J connectivity index is 1.88. The Hall–Kier alpha value is -2.83. The molecule has 0 aliphatic heterocycles. The summed E-state index contributed by atoms with van der Waals surface area (Å²) in [5.74, 6) is 1.52. The van der Waals surface area contributed by atoms with Crippen molar-refractivity contribution in [2.75, 3.05) is 7.05 Å². The molecule has 1 N–H and O–H groups in total. The number of aryl methyl sites for hydroxylation is 4. The van der Waals surface area contributed by atoms with Crippen molar-refractivity contribution in [1.29, 1.82) is 0 Å². The Kier molecular flexibility index (Phi) is 4.24. The Morgan fingerprint density at radius 3 is 2.68 bits per heavy atom. The highest BCUT2D eigenvalue weighted by Gasteiger charge is 2.19. The molecule has 7 nitrogen and oxygen atoms in total. The van der Waals surface area contributed by atoms with Gasteiger partial charge in [-0.15, -0.1) is 0 Å². The van der Waals surface area contributed by atoms with Crippen molar-refractivity contribution in [3.05, 3.63) is 50.8 Å². The number of aromatic nitrogens is 3. The van der Waals surface area contributed by atoms with E-state index in [1.165, 1.54) is 4.68 Å². The number of aromatic amines is 1. The van der Waals surface area contributed by atoms with Crippen LogP contribution in [0.5, 0.6) is 0 Å². The van der Waals surface area contributed by atoms with Gasteiger partial charge in [0.15, 0.2) is 5.65 Å². The van der Waals surface area contributed by atoms with E-state index in [1.54, 1.807) is 19.0 Å². The minimum Gasteiger partial charge on any atom is -0.464 e. The van der Waals surface area contributed by atoms with Gasteiger partial charge in [-0.3, -0.25) is 19.4 Å². The second-order valence-corrected chi connectivity index (χ2v) is 6.44. The van der Waals surface area contributed by atoms with Gasteiger partial charge in [-0.2, -0.15) is 0 Å². The van der Waals surface area contributed by atoms with E-state index >= 15 is 0 Å². The molecule has 0 unspecified atom stereocenters. The van der Waals surface area contributed by atoms with Gasteiger partial charge in [-0.05, 0) is 44.0 Å². The van der Waals surface area contributed by atoms with E-state index in [2.05, 4.69) is 10.1 Å². The van der Waals surface area contributed by atoms with Crippen molar-refractivity contribution in [1.82, 2.24) is 19.7 Å². The Bertz CT molecular complexity index is 1010. The summed E-state index contributed by atoms with van der Waals surface area (Å²) in [4.78, 5) is 31.0. The fraction of sp³-hybridized carbons (Fsp3) is 0.389. The van der Waals surface area contributed by atoms with E-state index in [4.69, 9.17) is 4.42 Å². The largest absolute Gasteiger partial charge is 0.464 e. The van der Waals surface area contributed by atoms with E-state index in [0.717, 1.165) is 28.3 Å². The SMILES string of the molecule is Cc1ccc(CN(C)C(=O)Cc2c(C)nc3[nH]n(C)c(=O)c3c2C)o1. The second kappa shape index (κ2) is 6.23. The number of nitrogens with one attached hydrogen (secondary N) is 1. The first-order chi connectivity index (χ1) is 11.8. The third-order valence-corrected chi connectivity index (χ3v) is 4.52. The predicted octanol–water partition coefficient (Wildman–Crippen LogP) is 1.98. The van der Waals surface area contributed by atoms with Crippen molar-refractivity contribution in [3.63, 3.8) is 0 Å². The number of hydrogen-bond donors (Lipinski definition) is 1. The van der Waals surface area contributed by atoms with Crippen LogP contribution in [0.15, 0.2) is 21.3 Å². The molecule has 0 fully saturated rings. The number of hydrogen-bond acceptors (Lipinski definition) is 4. The summed E-state index contributed by atoms with van der Waals surface area (Å²) in [6, 6.07) is 3.74. The number of rotatable bonds is 4. The molecular formula is C18H22N4O3. The summed E-state index contributed by atoms with van der Waals surface area (Å²) in [7, 11) is 3.40. The maximum absolute atomic E-state index is 12.6. The summed E-state index contributed by atoms with van der Waals surface area (Å²) in [6.45, 7) is 6.00. The van der Waals surface area contributed by atoms with Crippen molar-refractivity contribution in [2.45, 2.75) is 33.7 Å². The fourth-order valence-corrected chi connectivity index (χ4v) is 3.05. The predicted molar refractivity (Wildman–Crippen MR) is 94.4 cm³/mol. The molecule has 1 amide bonds. The van der Waals surface area contributed by atoms with Crippen molar-refractivity contribution >= 4 is 16.9 Å². The fourth-order valence-electron chi connectivity index (χ4n) is 3.05. The molecule has 25 heavy (non-hydrogen) atoms. The summed E-state index contributed by atoms with van der Waals surface area (Å²) in [6.07, 6.45) is 0.200. The average Bonchev–Trinajstić information content (AvgIpc) is 3.07. The molecule has 0 aliphatic carbocycles. The van der Waals surface area contributed by atoms with E-state index in [1.807, 2.05) is 32.9 Å². The molecule has 0 atom stereocenters. The number of carbonyl (C=O) groups excluding carboxylic acids is 1. The van der Waals surface area contributed by atoms with Gasteiger partial charge in [0, 0.05) is 19.8 Å². The lowest BCUT2D eigenvalue weighted by molar-refractivity contribution is -0.129. The van der Waals surface area contributed by atoms with Gasteiger partial charge in [0.2, 0.25) is 5.91 Å². The number of nitrogens with zero attached hydrogens (tertiary/aromatic N) is 3. The topological polar surface area (TPSA) is 84.1 Å². The number of amides is 1. The maximum atomic E-state index is 12.6. The first-order valence-corrected chi connectivity index (χ1v) is 8.12. The molecule has 0 saturated heterocycles. The summed E-state index contributed by atoms with van der Waals surface area (Å²) in [5.41, 5.74) is 2.78. The van der Waals surface area contributed by atoms with Crippen molar-refractivity contribution in [3.8, 4) is 0 Å². The summed E-state index contributed by atoms with van der Waals surface area (Å²) < 4.78 is 6.93. The number of H-pyrrole nitrogens is 1. The van der Waals surface area contributed by atoms with E-state index in [9.17, 15) is 9.59 Å². The van der Waals surface area contributed by atoms with Crippen LogP contribution >= 0.6 is 0 Å². The maximum Gasteiger partial charge on any atom is 0.276 e. The molecule has 7 heteroatoms. The Labute approximate surface area is 145 Å². The zero-order valence-corrected chi connectivity index (χ0v) is 15.1. The minimum atomic E-state index is -0.131. The molecule has 3 aromatic rings. The van der Waals surface area contributed by atoms with Gasteiger partial charge in [0.25, 0.3) is 5.56 Å². The van der Waals surface area contributed by atoms with Crippen LogP contribution in [0.25, 0.3) is 11.0 Å². The van der Waals surface area contributed by atoms with Gasteiger partial charge in [-0.1, -0.05) is 0 Å². The lowest BCUT2D eigenvalue weighted by Crippen LogP contribution is -2.28. The monoisotopic (exact) mass is 342 g/mol. The van der Waals surface area contributed by atoms with Gasteiger partial charge in [0.05, 0.1) is 18.4 Å². The molecule has 0 aliphatic rings. The lowest BCUT2D eigenvalue weighted by atomic mass is 10.0. The molecule has 0 radical (unpaired) electrons. The highest BCUT2D eigenvalue weighted by molar-refractivity contribution is 5.84. The van der Waals surface area contributed by atoms with Crippen LogP contribution in [0.4, 0.5) is 0 Å². The van der Waals surface area contributed by atoms with Gasteiger partial charge < -0.3 is 9.32 Å². The van der Waals surface area contributed by atoms with Crippen LogP contribution in [0.3, 0.4) is 0 Å². The number of pyridine rings is 1. The molecule has 3 rings (SSSR count). The normalized spacial score (nSPS) is 11.2. The minimum absolute atomic E-state index is 0.0474. The third kappa shape index (κ3) is 3.09. The Morgan fingerprint density at radius 2 is 2.04 bits per heavy atom. The highest BCUT2D eigenvalue weighted by Crippen LogP contribution is 2.20. The standard InChI is InChI=1S/C18H22N4O3/c1-10-6-7-13(25-10)9-21(4)15(23)8-14-11(2)16-17(19-12(14)3)20-22(5)18(16)24/h6-7H,8-9H2,1-5H3,(H,19,20). The van der Waals surface area contributed by atoms with Gasteiger partial charge >= 0.3 is 0 Å². The van der Waals surface area contributed by atoms with Crippen molar-refractivity contribution < 1.29 is 9.21 Å². The van der Waals surface area contributed by atoms with Crippen LogP contribution in [0.2, 0.25) is 0 Å². The molecular weight excluding hydrogens is 320 g/mol. The van der Waals surface area contributed by atoms with Crippen LogP contribution in [-0.2, 0) is 24.8 Å². The van der Waals surface area contributed by atoms with Gasteiger partial charge in [0.1, 0.15) is 11.5 Å². The van der Waals surface area contributed by atoms with Crippen LogP contribution < -0.4 is 5.56 Å². The third-order valence-electron chi connectivity index (χ3n) is 4.52. The molecule has 0 spiro atoms. The molecule has 0 saturated carbocycles. The zero-order valence-electron chi connectivity index (χ0n) is 15.1. The zero-order chi connectivity index (χ0) is 18.3. The summed E-state index contributed by atoms with van der Waals surface area (Å²) in [5, 5.41) is 3.47. The Morgan fingerprint density at radius 1 is 1.32 bits per heavy atom. The van der Waals surface area contributed by atoms with Crippen molar-refractivity contribution in [2.24, 2.45) is 7.05 Å². The summed E-state index contributed by atoms with van der Waals surface area (Å²) >= 11 is 0. The first kappa shape index (κ1) is 17.0. The van der Waals surface area contributed by atoms with E-state index < -0.39 is 0 Å². The molecule has 3 heterocycles. The highest BCUT2D eigenvalue weighted by atomic mass is 16.3. The van der Waals surface area contributed by atoms with Crippen LogP contribution in [0, 0.1) is 20.8 Å². The molecule has 0 bridgehead atoms. The number of furan rings is 1. The number of fused-ring (bicyclic) bond motifs is 1. The average molecular weight is 342 g/mol. The molecule has 132 valence electrons. The van der Waals surface area contributed by atoms with Crippen LogP contribution in [0.1, 0.15) is 28.3 Å². The quantitative estimate of drug-likeness (QED) is 0.786. The lowest BCUT2D eigenvalue weighted by Gasteiger charge is -2.17. The molecule has 0 aromatic carbocycles. The van der Waals surface area contributed by atoms with Gasteiger partial charge in [-0.25, -0.2) is 4.98 Å². The van der Waals surface area contributed by atoms with E-state index in [-0.39, 0.29) is 17.9 Å². The number of likely N-dealkylation sites (N-methyl/N-ethyl adjacent to an activating group) is 1. The first-order valence-electron chi connectivity index (χ1n) is 8.12. The smallest absolute Gasteiger partial charge is 0.276 e. The van der Waals surface area contributed by atoms with Crippen LogP contribution in [-0.4, -0.2) is 32.6 Å².